The van der Waals surface area contributed by atoms with Crippen molar-refractivity contribution in [3.8, 4) is 5.75 Å². The molecule has 28 heavy (non-hydrogen) atoms. The highest BCUT2D eigenvalue weighted by atomic mass is 16.3. The van der Waals surface area contributed by atoms with E-state index in [1.165, 1.54) is 39.0 Å². The molecule has 1 aliphatic rings. The Morgan fingerprint density at radius 3 is 1.89 bits per heavy atom. The van der Waals surface area contributed by atoms with Crippen LogP contribution >= 0.6 is 0 Å². The molecule has 2 aromatic carbocycles. The summed E-state index contributed by atoms with van der Waals surface area (Å²) in [6.07, 6.45) is 0. The fourth-order valence-corrected chi connectivity index (χ4v) is 4.60. The first kappa shape index (κ1) is 20.7. The molecule has 0 bridgehead atoms. The van der Waals surface area contributed by atoms with Crippen molar-refractivity contribution in [2.24, 2.45) is 0 Å². The van der Waals surface area contributed by atoms with Gasteiger partial charge >= 0.3 is 0 Å². The Morgan fingerprint density at radius 2 is 1.36 bits per heavy atom. The minimum Gasteiger partial charge on any atom is -0.507 e. The number of hydrogen-bond acceptors (Lipinski definition) is 1. The van der Waals surface area contributed by atoms with Gasteiger partial charge in [0.1, 0.15) is 5.75 Å². The van der Waals surface area contributed by atoms with Crippen molar-refractivity contribution < 1.29 is 5.11 Å². The summed E-state index contributed by atoms with van der Waals surface area (Å²) in [6.45, 7) is 22.2. The Balaban J connectivity index is 2.39. The highest BCUT2D eigenvalue weighted by molar-refractivity contribution is 5.82. The van der Waals surface area contributed by atoms with Crippen molar-refractivity contribution in [2.45, 2.75) is 86.0 Å². The van der Waals surface area contributed by atoms with Crippen LogP contribution in [-0.2, 0) is 10.8 Å². The zero-order valence-electron chi connectivity index (χ0n) is 19.3. The van der Waals surface area contributed by atoms with E-state index in [1.54, 1.807) is 0 Å². The normalized spacial score (nSPS) is 17.3. The van der Waals surface area contributed by atoms with E-state index in [9.17, 15) is 5.11 Å². The van der Waals surface area contributed by atoms with E-state index in [0.29, 0.717) is 5.75 Å². The van der Waals surface area contributed by atoms with Gasteiger partial charge in [0, 0.05) is 11.5 Å². The summed E-state index contributed by atoms with van der Waals surface area (Å²) in [4.78, 5) is 0. The highest BCUT2D eigenvalue weighted by Crippen LogP contribution is 2.52. The summed E-state index contributed by atoms with van der Waals surface area (Å²) in [6, 6.07) is 8.91. The van der Waals surface area contributed by atoms with Crippen LogP contribution in [0.15, 0.2) is 29.8 Å². The molecular weight excluding hydrogens is 340 g/mol. The van der Waals surface area contributed by atoms with Gasteiger partial charge in [0.2, 0.25) is 0 Å². The van der Waals surface area contributed by atoms with Gasteiger partial charge in [0.25, 0.3) is 0 Å². The van der Waals surface area contributed by atoms with Crippen LogP contribution in [0.2, 0.25) is 0 Å². The zero-order valence-corrected chi connectivity index (χ0v) is 19.3. The molecule has 1 aliphatic carbocycles. The summed E-state index contributed by atoms with van der Waals surface area (Å²) >= 11 is 0. The van der Waals surface area contributed by atoms with Crippen LogP contribution in [0, 0.1) is 13.8 Å². The van der Waals surface area contributed by atoms with Crippen LogP contribution in [0.25, 0.3) is 5.57 Å². The predicted octanol–water partition coefficient (Wildman–Crippen LogP) is 7.54. The first-order valence-corrected chi connectivity index (χ1v) is 10.4. The average molecular weight is 377 g/mol. The van der Waals surface area contributed by atoms with E-state index in [4.69, 9.17) is 0 Å². The lowest BCUT2D eigenvalue weighted by Gasteiger charge is -2.30. The first-order valence-electron chi connectivity index (χ1n) is 10.4. The number of aromatic hydroxyl groups is 1. The topological polar surface area (TPSA) is 20.2 Å². The molecule has 2 aromatic rings. The predicted molar refractivity (Wildman–Crippen MR) is 122 cm³/mol. The number of phenols is 1. The highest BCUT2D eigenvalue weighted by Gasteiger charge is 2.35. The molecule has 1 unspecified atom stereocenters. The number of fused-ring (bicyclic) bond motifs is 1. The lowest BCUT2D eigenvalue weighted by Crippen LogP contribution is -2.18. The summed E-state index contributed by atoms with van der Waals surface area (Å²) in [5, 5.41) is 11.4. The van der Waals surface area contributed by atoms with Gasteiger partial charge in [0.05, 0.1) is 0 Å². The molecule has 0 saturated carbocycles. The fraction of sp³-hybridized carbons (Fsp3) is 0.481. The van der Waals surface area contributed by atoms with Crippen molar-refractivity contribution in [1.29, 1.82) is 0 Å². The molecule has 150 valence electrons. The molecule has 0 amide bonds. The Hall–Kier alpha value is -2.02. The van der Waals surface area contributed by atoms with Gasteiger partial charge in [-0.1, -0.05) is 71.4 Å². The second-order valence-electron chi connectivity index (χ2n) is 10.7. The molecule has 1 N–H and O–H groups in total. The molecule has 0 aliphatic heterocycles. The van der Waals surface area contributed by atoms with Crippen molar-refractivity contribution in [1.82, 2.24) is 0 Å². The molecular formula is C27H36O. The smallest absolute Gasteiger partial charge is 0.123 e. The van der Waals surface area contributed by atoms with Crippen LogP contribution < -0.4 is 0 Å². The first-order chi connectivity index (χ1) is 12.7. The van der Waals surface area contributed by atoms with Crippen molar-refractivity contribution in [2.75, 3.05) is 0 Å². The number of aryl methyl sites for hydroxylation is 2. The standard InChI is InChI=1S/C27H36O/c1-15-11-12-16(2)23-22(15)17(3)18(4)24(23)20-13-19(26(5,6)7)14-21(25(20)28)27(8,9)10/h11-14,24,28H,1-10H3. The van der Waals surface area contributed by atoms with Gasteiger partial charge in [-0.3, -0.25) is 0 Å². The van der Waals surface area contributed by atoms with Gasteiger partial charge in [-0.05, 0) is 77.5 Å². The number of phenolic OH excluding ortho intramolecular Hbond substituents is 1. The summed E-state index contributed by atoms with van der Waals surface area (Å²) in [5.74, 6) is 0.588. The molecule has 0 saturated heterocycles. The maximum absolute atomic E-state index is 11.4. The molecule has 0 heterocycles. The van der Waals surface area contributed by atoms with Gasteiger partial charge < -0.3 is 5.11 Å². The van der Waals surface area contributed by atoms with Crippen molar-refractivity contribution >= 4 is 5.57 Å². The third-order valence-electron chi connectivity index (χ3n) is 6.48. The molecule has 0 fully saturated rings. The molecule has 1 heteroatoms. The van der Waals surface area contributed by atoms with E-state index in [0.717, 1.165) is 11.1 Å². The second-order valence-corrected chi connectivity index (χ2v) is 10.7. The van der Waals surface area contributed by atoms with Crippen molar-refractivity contribution in [3.63, 3.8) is 0 Å². The van der Waals surface area contributed by atoms with E-state index in [1.807, 2.05) is 0 Å². The van der Waals surface area contributed by atoms with Crippen LogP contribution in [0.3, 0.4) is 0 Å². The number of benzene rings is 2. The maximum atomic E-state index is 11.4. The number of allylic oxidation sites excluding steroid dienone is 2. The Bertz CT molecular complexity index is 975. The monoisotopic (exact) mass is 376 g/mol. The molecule has 1 atom stereocenters. The van der Waals surface area contributed by atoms with Crippen LogP contribution in [-0.4, -0.2) is 5.11 Å². The second kappa shape index (κ2) is 6.51. The van der Waals surface area contributed by atoms with Gasteiger partial charge in [0.15, 0.2) is 0 Å². The van der Waals surface area contributed by atoms with E-state index in [-0.39, 0.29) is 16.7 Å². The molecule has 0 radical (unpaired) electrons. The Morgan fingerprint density at radius 1 is 0.786 bits per heavy atom. The zero-order chi connectivity index (χ0) is 21.2. The third kappa shape index (κ3) is 3.19. The van der Waals surface area contributed by atoms with Gasteiger partial charge in [-0.2, -0.15) is 0 Å². The van der Waals surface area contributed by atoms with Crippen molar-refractivity contribution in [3.05, 3.63) is 68.8 Å². The minimum absolute atomic E-state index is 0.0260. The Kier molecular flexibility index (Phi) is 4.81. The van der Waals surface area contributed by atoms with E-state index >= 15 is 0 Å². The van der Waals surface area contributed by atoms with Gasteiger partial charge in [-0.25, -0.2) is 0 Å². The van der Waals surface area contributed by atoms with Crippen LogP contribution in [0.4, 0.5) is 0 Å². The molecule has 0 spiro atoms. The SMILES string of the molecule is CC1=C(C)C(c2cc(C(C)(C)C)cc(C(C)(C)C)c2O)c2c(C)ccc(C)c21. The van der Waals surface area contributed by atoms with E-state index < -0.39 is 0 Å². The van der Waals surface area contributed by atoms with Gasteiger partial charge in [-0.15, -0.1) is 0 Å². The fourth-order valence-electron chi connectivity index (χ4n) is 4.60. The van der Waals surface area contributed by atoms with Crippen LogP contribution in [0.5, 0.6) is 5.75 Å². The summed E-state index contributed by atoms with van der Waals surface area (Å²) < 4.78 is 0. The third-order valence-corrected chi connectivity index (χ3v) is 6.48. The molecule has 0 aromatic heterocycles. The quantitative estimate of drug-likeness (QED) is 0.545. The Labute approximate surface area is 171 Å². The van der Waals surface area contributed by atoms with E-state index in [2.05, 4.69) is 93.5 Å². The number of rotatable bonds is 1. The lowest BCUT2D eigenvalue weighted by molar-refractivity contribution is 0.437. The summed E-state index contributed by atoms with van der Waals surface area (Å²) in [7, 11) is 0. The average Bonchev–Trinajstić information content (AvgIpc) is 2.82. The van der Waals surface area contributed by atoms with Crippen LogP contribution in [0.1, 0.15) is 100 Å². The maximum Gasteiger partial charge on any atom is 0.123 e. The minimum atomic E-state index is -0.115. The largest absolute Gasteiger partial charge is 0.507 e. The molecule has 1 nitrogen and oxygen atoms in total. The lowest BCUT2D eigenvalue weighted by atomic mass is 9.75. The summed E-state index contributed by atoms with van der Waals surface area (Å²) in [5.41, 5.74) is 11.4. The number of hydrogen-bond donors (Lipinski definition) is 1. The molecule has 3 rings (SSSR count).